The van der Waals surface area contributed by atoms with E-state index in [-0.39, 0.29) is 78.7 Å². The second kappa shape index (κ2) is 21.7. The highest BCUT2D eigenvalue weighted by molar-refractivity contribution is 7.98. The molecule has 0 saturated heterocycles. The SMILES string of the molecule is CCN(CC)c1ccc(/N=N/c2cc3c(s2)C(=O)CC(C)(C)C3)c(Nc2nc(Nc3cc(N(CC)CC)ccc3/N=N/c3sc4c(c3S(=O)(=O)O)CC(C)(C)CC4=O)nc(SCc3cccc(S(=O)(=O)O)c3)n2)c1. The Kier molecular flexibility index (Phi) is 15.9. The van der Waals surface area contributed by atoms with E-state index in [0.29, 0.717) is 52.0 Å². The maximum atomic E-state index is 13.2. The normalized spacial score (nSPS) is 15.4. The van der Waals surface area contributed by atoms with Crippen molar-refractivity contribution in [1.82, 2.24) is 15.0 Å². The third-order valence-corrected chi connectivity index (χ3v) is 17.6. The zero-order valence-corrected chi connectivity index (χ0v) is 46.2. The summed E-state index contributed by atoms with van der Waals surface area (Å²) in [4.78, 5) is 45.2. The Hall–Kier alpha value is -6.02. The van der Waals surface area contributed by atoms with Gasteiger partial charge in [0.1, 0.15) is 21.3 Å². The number of fused-ring (bicyclic) bond motifs is 2. The molecule has 19 nitrogen and oxygen atoms in total. The number of benzene rings is 3. The Morgan fingerprint density at radius 2 is 1.20 bits per heavy atom. The highest BCUT2D eigenvalue weighted by atomic mass is 32.2. The number of carbonyl (C=O) groups excluding carboxylic acids is 2. The first-order chi connectivity index (χ1) is 35.0. The second-order valence-corrected chi connectivity index (χ2v) is 25.2. The summed E-state index contributed by atoms with van der Waals surface area (Å²) in [5, 5.41) is 25.5. The number of hydrogen-bond donors (Lipinski definition) is 4. The van der Waals surface area contributed by atoms with Crippen LogP contribution in [0.1, 0.15) is 104 Å². The largest absolute Gasteiger partial charge is 0.372 e. The zero-order chi connectivity index (χ0) is 53.3. The minimum Gasteiger partial charge on any atom is -0.372 e. The first kappa shape index (κ1) is 54.2. The van der Waals surface area contributed by atoms with Gasteiger partial charge in [-0.1, -0.05) is 51.6 Å². The minimum atomic E-state index is -4.83. The van der Waals surface area contributed by atoms with Gasteiger partial charge in [0.15, 0.2) is 21.7 Å². The van der Waals surface area contributed by atoms with Gasteiger partial charge in [-0.25, -0.2) is 0 Å². The van der Waals surface area contributed by atoms with Gasteiger partial charge in [-0.2, -0.15) is 31.8 Å². The Bertz CT molecular complexity index is 3440. The monoisotopic (exact) mass is 1100 g/mol. The van der Waals surface area contributed by atoms with Gasteiger partial charge in [-0.3, -0.25) is 18.7 Å². The molecule has 0 atom stereocenters. The lowest BCUT2D eigenvalue weighted by atomic mass is 9.76. The highest BCUT2D eigenvalue weighted by Crippen LogP contribution is 2.48. The Morgan fingerprint density at radius 3 is 1.76 bits per heavy atom. The first-order valence-electron chi connectivity index (χ1n) is 23.9. The van der Waals surface area contributed by atoms with Gasteiger partial charge in [-0.05, 0) is 123 Å². The molecule has 6 aromatic rings. The topological polar surface area (TPSA) is 262 Å². The molecule has 3 aromatic heterocycles. The molecule has 4 N–H and O–H groups in total. The van der Waals surface area contributed by atoms with Crippen LogP contribution >= 0.6 is 34.4 Å². The van der Waals surface area contributed by atoms with Gasteiger partial charge < -0.3 is 20.4 Å². The summed E-state index contributed by atoms with van der Waals surface area (Å²) >= 11 is 3.36. The smallest absolute Gasteiger partial charge is 0.297 e. The first-order valence-corrected chi connectivity index (χ1v) is 29.4. The van der Waals surface area contributed by atoms with E-state index in [4.69, 9.17) is 15.0 Å². The number of carbonyl (C=O) groups is 2. The van der Waals surface area contributed by atoms with E-state index in [2.05, 4.69) is 68.6 Å². The number of rotatable bonds is 19. The molecule has 0 radical (unpaired) electrons. The maximum Gasteiger partial charge on any atom is 0.297 e. The predicted molar refractivity (Wildman–Crippen MR) is 292 cm³/mol. The number of thiophene rings is 2. The lowest BCUT2D eigenvalue weighted by Gasteiger charge is -2.28. The van der Waals surface area contributed by atoms with E-state index >= 15 is 0 Å². The lowest BCUT2D eigenvalue weighted by molar-refractivity contribution is 0.0907. The fourth-order valence-electron chi connectivity index (χ4n) is 9.05. The van der Waals surface area contributed by atoms with Crippen LogP contribution in [0.15, 0.2) is 102 Å². The quantitative estimate of drug-likeness (QED) is 0.0334. The number of hydrogen-bond acceptors (Lipinski definition) is 20. The van der Waals surface area contributed by atoms with Crippen molar-refractivity contribution < 1.29 is 35.5 Å². The Balaban J connectivity index is 1.22. The predicted octanol–water partition coefficient (Wildman–Crippen LogP) is 13.1. The molecular weight excluding hydrogens is 1040 g/mol. The number of thioether (sulfide) groups is 1. The Morgan fingerprint density at radius 1 is 0.649 bits per heavy atom. The molecule has 0 spiro atoms. The van der Waals surface area contributed by atoms with Crippen LogP contribution in [-0.4, -0.2) is 78.6 Å². The second-order valence-electron chi connectivity index (χ2n) is 19.4. The number of Topliss-reactive ketones (excluding diaryl/α,β-unsaturated/α-hetero) is 2. The number of anilines is 6. The summed E-state index contributed by atoms with van der Waals surface area (Å²) in [5.74, 6) is 0.169. The minimum absolute atomic E-state index is 0.0442. The maximum absolute atomic E-state index is 13.2. The van der Waals surface area contributed by atoms with Crippen LogP contribution in [0.25, 0.3) is 0 Å². The highest BCUT2D eigenvalue weighted by Gasteiger charge is 2.39. The lowest BCUT2D eigenvalue weighted by Crippen LogP contribution is -2.26. The van der Waals surface area contributed by atoms with Gasteiger partial charge >= 0.3 is 0 Å². The van der Waals surface area contributed by atoms with Crippen molar-refractivity contribution in [3.8, 4) is 0 Å². The van der Waals surface area contributed by atoms with Crippen molar-refractivity contribution in [3.05, 3.63) is 93.2 Å². The number of nitrogens with one attached hydrogen (secondary N) is 2. The molecular formula is C50H57N11O8S5. The molecule has 2 aliphatic carbocycles. The average molecular weight is 1100 g/mol. The average Bonchev–Trinajstić information content (AvgIpc) is 3.91. The van der Waals surface area contributed by atoms with Crippen LogP contribution in [0.4, 0.5) is 56.0 Å². The standard InChI is InChI=1S/C50H57N11O8S5/c1-9-60(10-2)31-16-18-35(56-58-41-21-30-24-49(5,6)26-39(62)42(30)71-41)37(22-31)51-46-53-47(55-48(54-46)70-28-29-14-13-15-33(20-29)73(64,65)66)52-38-23-32(61(11-3)12-4)17-19-36(38)57-59-45-44(74(67,68)69)34-25-50(7,8)27-40(63)43(34)72-45/h13-23H,9-12,24-28H2,1-8H3,(H,64,65,66)(H,67,68,69)(H2,51,52,53,54,55)/b58-56+,59-57+. The van der Waals surface area contributed by atoms with Gasteiger partial charge in [-0.15, -0.1) is 43.1 Å². The van der Waals surface area contributed by atoms with Crippen molar-refractivity contribution in [3.63, 3.8) is 0 Å². The van der Waals surface area contributed by atoms with E-state index < -0.39 is 30.5 Å². The molecule has 390 valence electrons. The fourth-order valence-corrected chi connectivity index (χ4v) is 13.5. The van der Waals surface area contributed by atoms with Gasteiger partial charge in [0.25, 0.3) is 20.2 Å². The number of aromatic nitrogens is 3. The van der Waals surface area contributed by atoms with E-state index in [1.165, 1.54) is 41.3 Å². The fraction of sp³-hybridized carbons (Fsp3) is 0.380. The third kappa shape index (κ3) is 12.6. The van der Waals surface area contributed by atoms with Crippen LogP contribution in [0.3, 0.4) is 0 Å². The van der Waals surface area contributed by atoms with Crippen molar-refractivity contribution in [2.45, 2.75) is 102 Å². The van der Waals surface area contributed by atoms with Gasteiger partial charge in [0.2, 0.25) is 11.9 Å². The molecule has 3 aromatic carbocycles. The molecule has 0 saturated carbocycles. The van der Waals surface area contributed by atoms with Crippen LogP contribution in [0, 0.1) is 10.8 Å². The van der Waals surface area contributed by atoms with E-state index in [9.17, 15) is 35.5 Å². The number of ketones is 2. The van der Waals surface area contributed by atoms with E-state index in [1.54, 1.807) is 12.1 Å². The summed E-state index contributed by atoms with van der Waals surface area (Å²) in [6.07, 6.45) is 1.66. The summed E-state index contributed by atoms with van der Waals surface area (Å²) < 4.78 is 70.2. The number of nitrogens with zero attached hydrogens (tertiary/aromatic N) is 9. The summed E-state index contributed by atoms with van der Waals surface area (Å²) in [6.45, 7) is 18.8. The van der Waals surface area contributed by atoms with Crippen LogP contribution in [-0.2, 0) is 38.8 Å². The van der Waals surface area contributed by atoms with Crippen LogP contribution < -0.4 is 20.4 Å². The molecule has 8 rings (SSSR count). The molecule has 74 heavy (non-hydrogen) atoms. The molecule has 0 unspecified atom stereocenters. The van der Waals surface area contributed by atoms with E-state index in [1.807, 2.05) is 64.1 Å². The van der Waals surface area contributed by atoms with E-state index in [0.717, 1.165) is 47.8 Å². The van der Waals surface area contributed by atoms with Crippen molar-refractivity contribution in [2.24, 2.45) is 31.3 Å². The third-order valence-electron chi connectivity index (χ3n) is 12.5. The van der Waals surface area contributed by atoms with Crippen LogP contribution in [0.2, 0.25) is 0 Å². The zero-order valence-electron chi connectivity index (χ0n) is 42.1. The molecule has 0 aliphatic heterocycles. The molecule has 24 heteroatoms. The number of azo groups is 2. The van der Waals surface area contributed by atoms with Crippen molar-refractivity contribution in [2.75, 3.05) is 46.6 Å². The van der Waals surface area contributed by atoms with Gasteiger partial charge in [0.05, 0.1) is 26.0 Å². The van der Waals surface area contributed by atoms with Crippen molar-refractivity contribution in [1.29, 1.82) is 0 Å². The molecule has 0 bridgehead atoms. The molecule has 2 aliphatic rings. The van der Waals surface area contributed by atoms with Crippen molar-refractivity contribution >= 4 is 122 Å². The molecule has 0 fully saturated rings. The summed E-state index contributed by atoms with van der Waals surface area (Å²) in [5.41, 5.74) is 4.28. The summed E-state index contributed by atoms with van der Waals surface area (Å²) in [7, 11) is -9.31. The Labute approximate surface area is 443 Å². The summed E-state index contributed by atoms with van der Waals surface area (Å²) in [6, 6.07) is 18.9. The van der Waals surface area contributed by atoms with Crippen LogP contribution in [0.5, 0.6) is 0 Å². The molecule has 0 amide bonds. The molecule has 3 heterocycles. The van der Waals surface area contributed by atoms with Gasteiger partial charge in [0, 0.05) is 56.1 Å².